The summed E-state index contributed by atoms with van der Waals surface area (Å²) in [5.41, 5.74) is 9.49. The van der Waals surface area contributed by atoms with E-state index in [1.54, 1.807) is 0 Å². The first-order valence-electron chi connectivity index (χ1n) is 4.63. The lowest BCUT2D eigenvalue weighted by Crippen LogP contribution is -2.19. The molecule has 1 aliphatic carbocycles. The Morgan fingerprint density at radius 1 is 1.38 bits per heavy atom. The maximum absolute atomic E-state index is 6.08. The Kier molecular flexibility index (Phi) is 1.32. The number of fused-ring (bicyclic) bond motifs is 1. The quantitative estimate of drug-likeness (QED) is 0.696. The first-order valence-corrected chi connectivity index (χ1v) is 4.63. The van der Waals surface area contributed by atoms with Crippen molar-refractivity contribution in [2.45, 2.75) is 31.6 Å². The van der Waals surface area contributed by atoms with Gasteiger partial charge in [0.15, 0.2) is 0 Å². The van der Waals surface area contributed by atoms with Gasteiger partial charge in [-0.15, -0.1) is 0 Å². The first kappa shape index (κ1) is 7.47. The summed E-state index contributed by atoms with van der Waals surface area (Å²) in [5, 5.41) is 0. The zero-order valence-electron chi connectivity index (χ0n) is 7.42. The molecule has 0 spiro atoms. The Balaban J connectivity index is 2.05. The summed E-state index contributed by atoms with van der Waals surface area (Å²) in [6.07, 6.45) is 4.09. The maximum Gasteiger partial charge on any atom is 0.0896 e. The lowest BCUT2D eigenvalue weighted by Gasteiger charge is -2.09. The minimum atomic E-state index is -0.0649. The molecule has 1 aromatic heterocycles. The minimum absolute atomic E-state index is 0.0649. The molecular weight excluding hydrogens is 164 g/mol. The Labute approximate surface area is 76.9 Å². The molecule has 68 valence electrons. The summed E-state index contributed by atoms with van der Waals surface area (Å²) in [4.78, 5) is 4.36. The van der Waals surface area contributed by atoms with E-state index in [0.717, 1.165) is 18.5 Å². The van der Waals surface area contributed by atoms with Crippen molar-refractivity contribution in [3.63, 3.8) is 0 Å². The van der Waals surface area contributed by atoms with Crippen molar-refractivity contribution in [3.05, 3.63) is 29.1 Å². The molecule has 2 heterocycles. The molecule has 1 aromatic rings. The van der Waals surface area contributed by atoms with Gasteiger partial charge in [-0.2, -0.15) is 0 Å². The third kappa shape index (κ3) is 1.08. The lowest BCUT2D eigenvalue weighted by atomic mass is 10.1. The van der Waals surface area contributed by atoms with Crippen LogP contribution >= 0.6 is 0 Å². The second kappa shape index (κ2) is 2.30. The molecule has 1 aliphatic heterocycles. The van der Waals surface area contributed by atoms with E-state index < -0.39 is 0 Å². The van der Waals surface area contributed by atoms with E-state index in [1.165, 1.54) is 11.1 Å². The van der Waals surface area contributed by atoms with Gasteiger partial charge in [0.05, 0.1) is 18.9 Å². The smallest absolute Gasteiger partial charge is 0.0896 e. The van der Waals surface area contributed by atoms with Crippen LogP contribution in [-0.4, -0.2) is 4.98 Å². The monoisotopic (exact) mass is 176 g/mol. The van der Waals surface area contributed by atoms with Crippen LogP contribution in [0.4, 0.5) is 0 Å². The number of ether oxygens (including phenoxy) is 1. The van der Waals surface area contributed by atoms with E-state index in [-0.39, 0.29) is 5.54 Å². The van der Waals surface area contributed by atoms with Crippen LogP contribution < -0.4 is 5.73 Å². The Morgan fingerprint density at radius 2 is 2.23 bits per heavy atom. The highest BCUT2D eigenvalue weighted by Gasteiger charge is 2.40. The molecule has 13 heavy (non-hydrogen) atoms. The molecule has 0 unspecified atom stereocenters. The van der Waals surface area contributed by atoms with Gasteiger partial charge in [-0.3, -0.25) is 4.98 Å². The molecule has 3 rings (SSSR count). The van der Waals surface area contributed by atoms with Crippen molar-refractivity contribution in [3.8, 4) is 0 Å². The number of aromatic nitrogens is 1. The SMILES string of the molecule is NC1(c2cnc3c(c2)COC3)CC1. The average molecular weight is 176 g/mol. The second-order valence-corrected chi connectivity index (χ2v) is 3.98. The van der Waals surface area contributed by atoms with Gasteiger partial charge in [0, 0.05) is 17.3 Å². The summed E-state index contributed by atoms with van der Waals surface area (Å²) in [6, 6.07) is 2.16. The summed E-state index contributed by atoms with van der Waals surface area (Å²) < 4.78 is 5.30. The number of hydrogen-bond acceptors (Lipinski definition) is 3. The summed E-state index contributed by atoms with van der Waals surface area (Å²) >= 11 is 0. The summed E-state index contributed by atoms with van der Waals surface area (Å²) in [6.45, 7) is 1.36. The van der Waals surface area contributed by atoms with Gasteiger partial charge in [0.2, 0.25) is 0 Å². The van der Waals surface area contributed by atoms with Gasteiger partial charge in [0.1, 0.15) is 0 Å². The molecule has 2 N–H and O–H groups in total. The zero-order valence-corrected chi connectivity index (χ0v) is 7.42. The maximum atomic E-state index is 6.08. The first-order chi connectivity index (χ1) is 6.28. The number of pyridine rings is 1. The van der Waals surface area contributed by atoms with Crippen molar-refractivity contribution in [2.75, 3.05) is 0 Å². The molecule has 0 bridgehead atoms. The van der Waals surface area contributed by atoms with Gasteiger partial charge < -0.3 is 10.5 Å². The Hall–Kier alpha value is -0.930. The van der Waals surface area contributed by atoms with Gasteiger partial charge in [-0.05, 0) is 24.5 Å². The zero-order chi connectivity index (χ0) is 8.89. The fourth-order valence-corrected chi connectivity index (χ4v) is 1.75. The van der Waals surface area contributed by atoms with Gasteiger partial charge >= 0.3 is 0 Å². The third-order valence-electron chi connectivity index (χ3n) is 2.92. The molecule has 1 saturated carbocycles. The number of rotatable bonds is 1. The molecule has 1 fully saturated rings. The highest BCUT2D eigenvalue weighted by molar-refractivity contribution is 5.33. The summed E-state index contributed by atoms with van der Waals surface area (Å²) in [7, 11) is 0. The van der Waals surface area contributed by atoms with Gasteiger partial charge in [-0.25, -0.2) is 0 Å². The predicted molar refractivity (Wildman–Crippen MR) is 47.8 cm³/mol. The fraction of sp³-hybridized carbons (Fsp3) is 0.500. The molecule has 0 atom stereocenters. The highest BCUT2D eigenvalue weighted by atomic mass is 16.5. The van der Waals surface area contributed by atoms with Crippen LogP contribution in [0.25, 0.3) is 0 Å². The Morgan fingerprint density at radius 3 is 3.00 bits per heavy atom. The van der Waals surface area contributed by atoms with Crippen LogP contribution in [0.3, 0.4) is 0 Å². The standard InChI is InChI=1S/C10H12N2O/c11-10(1-2-10)8-3-7-5-13-6-9(7)12-4-8/h3-4H,1-2,5-6,11H2. The van der Waals surface area contributed by atoms with Crippen molar-refractivity contribution in [1.82, 2.24) is 4.98 Å². The van der Waals surface area contributed by atoms with Crippen molar-refractivity contribution in [1.29, 1.82) is 0 Å². The van der Waals surface area contributed by atoms with Crippen LogP contribution in [0.5, 0.6) is 0 Å². The molecule has 0 radical (unpaired) electrons. The molecule has 3 heteroatoms. The molecule has 0 saturated heterocycles. The van der Waals surface area contributed by atoms with E-state index in [9.17, 15) is 0 Å². The van der Waals surface area contributed by atoms with E-state index in [1.807, 2.05) is 6.20 Å². The van der Waals surface area contributed by atoms with E-state index in [2.05, 4.69) is 11.1 Å². The van der Waals surface area contributed by atoms with Crippen molar-refractivity contribution < 1.29 is 4.74 Å². The molecule has 2 aliphatic rings. The van der Waals surface area contributed by atoms with E-state index in [4.69, 9.17) is 10.5 Å². The topological polar surface area (TPSA) is 48.1 Å². The molecule has 0 aromatic carbocycles. The third-order valence-corrected chi connectivity index (χ3v) is 2.92. The number of nitrogens with zero attached hydrogens (tertiary/aromatic N) is 1. The van der Waals surface area contributed by atoms with Crippen LogP contribution in [-0.2, 0) is 23.5 Å². The molecule has 0 amide bonds. The number of nitrogens with two attached hydrogens (primary N) is 1. The fourth-order valence-electron chi connectivity index (χ4n) is 1.75. The van der Waals surface area contributed by atoms with Crippen molar-refractivity contribution >= 4 is 0 Å². The van der Waals surface area contributed by atoms with Crippen LogP contribution in [0, 0.1) is 0 Å². The number of hydrogen-bond donors (Lipinski definition) is 1. The molecular formula is C10H12N2O. The van der Waals surface area contributed by atoms with E-state index >= 15 is 0 Å². The van der Waals surface area contributed by atoms with E-state index in [0.29, 0.717) is 13.2 Å². The lowest BCUT2D eigenvalue weighted by molar-refractivity contribution is 0.133. The Bertz CT molecular complexity index is 358. The van der Waals surface area contributed by atoms with Crippen LogP contribution in [0.1, 0.15) is 29.7 Å². The average Bonchev–Trinajstić information content (AvgIpc) is 2.74. The normalized spacial score (nSPS) is 22.8. The van der Waals surface area contributed by atoms with Crippen LogP contribution in [0.15, 0.2) is 12.3 Å². The molecule has 3 nitrogen and oxygen atoms in total. The van der Waals surface area contributed by atoms with Crippen molar-refractivity contribution in [2.24, 2.45) is 5.73 Å². The highest BCUT2D eigenvalue weighted by Crippen LogP contribution is 2.43. The van der Waals surface area contributed by atoms with Gasteiger partial charge in [-0.1, -0.05) is 0 Å². The van der Waals surface area contributed by atoms with Crippen LogP contribution in [0.2, 0.25) is 0 Å². The predicted octanol–water partition coefficient (Wildman–Crippen LogP) is 1.06. The summed E-state index contributed by atoms with van der Waals surface area (Å²) in [5.74, 6) is 0. The second-order valence-electron chi connectivity index (χ2n) is 3.98. The largest absolute Gasteiger partial charge is 0.370 e. The van der Waals surface area contributed by atoms with Gasteiger partial charge in [0.25, 0.3) is 0 Å². The minimum Gasteiger partial charge on any atom is -0.370 e.